The molecular formula is C21H29N5O3. The van der Waals surface area contributed by atoms with Crippen LogP contribution in [0.5, 0.6) is 0 Å². The van der Waals surface area contributed by atoms with E-state index >= 15 is 0 Å². The van der Waals surface area contributed by atoms with Crippen molar-refractivity contribution in [2.75, 3.05) is 31.6 Å². The zero-order chi connectivity index (χ0) is 21.2. The van der Waals surface area contributed by atoms with Crippen LogP contribution in [0.3, 0.4) is 0 Å². The third-order valence-corrected chi connectivity index (χ3v) is 5.34. The molecule has 2 amide bonds. The summed E-state index contributed by atoms with van der Waals surface area (Å²) in [4.78, 5) is 35.0. The maximum atomic E-state index is 12.9. The number of piperazine rings is 1. The van der Waals surface area contributed by atoms with Crippen molar-refractivity contribution in [1.29, 1.82) is 5.26 Å². The van der Waals surface area contributed by atoms with Gasteiger partial charge in [-0.1, -0.05) is 0 Å². The normalized spacial score (nSPS) is 20.9. The van der Waals surface area contributed by atoms with Gasteiger partial charge in [0.25, 0.3) is 0 Å². The Labute approximate surface area is 172 Å². The number of ether oxygens (including phenoxy) is 1. The minimum atomic E-state index is -0.551. The van der Waals surface area contributed by atoms with E-state index in [0.29, 0.717) is 12.1 Å². The molecule has 8 heteroatoms. The van der Waals surface area contributed by atoms with Gasteiger partial charge in [-0.05, 0) is 45.7 Å². The number of pyridine rings is 1. The summed E-state index contributed by atoms with van der Waals surface area (Å²) in [5.41, 5.74) is -0.00999. The molecule has 2 aliphatic heterocycles. The predicted molar refractivity (Wildman–Crippen MR) is 108 cm³/mol. The maximum absolute atomic E-state index is 12.9. The first-order valence-electron chi connectivity index (χ1n) is 10.0. The first-order chi connectivity index (χ1) is 13.7. The Kier molecular flexibility index (Phi) is 5.96. The molecular weight excluding hydrogens is 370 g/mol. The van der Waals surface area contributed by atoms with Gasteiger partial charge in [0.2, 0.25) is 5.91 Å². The smallest absolute Gasteiger partial charge is 0.410 e. The summed E-state index contributed by atoms with van der Waals surface area (Å²) in [5, 5.41) is 8.93. The van der Waals surface area contributed by atoms with Crippen molar-refractivity contribution in [2.24, 2.45) is 0 Å². The third-order valence-electron chi connectivity index (χ3n) is 5.34. The highest BCUT2D eigenvalue weighted by Crippen LogP contribution is 2.32. The minimum absolute atomic E-state index is 0.0837. The number of amides is 2. The summed E-state index contributed by atoms with van der Waals surface area (Å²) >= 11 is 0. The van der Waals surface area contributed by atoms with E-state index in [4.69, 9.17) is 10.00 Å². The molecule has 2 aliphatic rings. The van der Waals surface area contributed by atoms with Crippen LogP contribution in [-0.2, 0) is 9.53 Å². The van der Waals surface area contributed by atoms with E-state index in [1.165, 1.54) is 4.90 Å². The van der Waals surface area contributed by atoms with Crippen molar-refractivity contribution in [1.82, 2.24) is 14.8 Å². The molecule has 0 radical (unpaired) electrons. The second-order valence-corrected chi connectivity index (χ2v) is 8.76. The first-order valence-corrected chi connectivity index (χ1v) is 10.0. The van der Waals surface area contributed by atoms with Crippen molar-refractivity contribution in [3.8, 4) is 6.07 Å². The number of rotatable bonds is 4. The molecule has 2 unspecified atom stereocenters. The average Bonchev–Trinajstić information content (AvgIpc) is 2.94. The molecule has 2 saturated heterocycles. The van der Waals surface area contributed by atoms with Gasteiger partial charge in [-0.2, -0.15) is 5.26 Å². The number of carbonyl (C=O) groups excluding carboxylic acids is 2. The summed E-state index contributed by atoms with van der Waals surface area (Å²) in [5.74, 6) is 0.929. The molecule has 8 nitrogen and oxygen atoms in total. The van der Waals surface area contributed by atoms with Gasteiger partial charge in [-0.3, -0.25) is 4.79 Å². The van der Waals surface area contributed by atoms with Crippen molar-refractivity contribution in [2.45, 2.75) is 57.7 Å². The van der Waals surface area contributed by atoms with E-state index in [9.17, 15) is 9.59 Å². The van der Waals surface area contributed by atoms with Crippen molar-refractivity contribution >= 4 is 17.8 Å². The van der Waals surface area contributed by atoms with E-state index in [1.54, 1.807) is 19.3 Å². The van der Waals surface area contributed by atoms with Gasteiger partial charge in [-0.15, -0.1) is 0 Å². The number of nitriles is 1. The molecule has 2 atom stereocenters. The molecule has 29 heavy (non-hydrogen) atoms. The number of carbonyl (C=O) groups is 2. The third kappa shape index (κ3) is 4.97. The van der Waals surface area contributed by atoms with Crippen molar-refractivity contribution in [3.63, 3.8) is 0 Å². The second-order valence-electron chi connectivity index (χ2n) is 8.76. The van der Waals surface area contributed by atoms with Crippen molar-refractivity contribution in [3.05, 3.63) is 23.9 Å². The van der Waals surface area contributed by atoms with Gasteiger partial charge in [0.1, 0.15) is 17.5 Å². The second kappa shape index (κ2) is 8.27. The molecule has 0 saturated carbocycles. The Morgan fingerprint density at radius 3 is 2.45 bits per heavy atom. The standard InChI is InChI=1S/C21H29N5O3/c1-21(2,3)29-20(28)24(4)10-9-19(27)26-16-6-7-17(26)14-25(13-16)18-8-5-15(11-22)12-23-18/h5,8,12,16-17H,6-7,9-10,13-14H2,1-4H3. The number of anilines is 1. The number of hydrogen-bond donors (Lipinski definition) is 0. The Balaban J connectivity index is 1.55. The highest BCUT2D eigenvalue weighted by atomic mass is 16.6. The largest absolute Gasteiger partial charge is 0.444 e. The first kappa shape index (κ1) is 20.9. The molecule has 1 aromatic rings. The quantitative estimate of drug-likeness (QED) is 0.772. The fraction of sp³-hybridized carbons (Fsp3) is 0.619. The van der Waals surface area contributed by atoms with E-state index in [-0.39, 0.29) is 24.4 Å². The van der Waals surface area contributed by atoms with Gasteiger partial charge in [-0.25, -0.2) is 9.78 Å². The van der Waals surface area contributed by atoms with Gasteiger partial charge in [0.15, 0.2) is 0 Å². The number of nitrogens with zero attached hydrogens (tertiary/aromatic N) is 5. The number of hydrogen-bond acceptors (Lipinski definition) is 6. The van der Waals surface area contributed by atoms with E-state index in [1.807, 2.05) is 31.7 Å². The van der Waals surface area contributed by atoms with E-state index in [2.05, 4.69) is 16.0 Å². The van der Waals surface area contributed by atoms with Crippen LogP contribution in [0.25, 0.3) is 0 Å². The van der Waals surface area contributed by atoms with Crippen LogP contribution in [0.4, 0.5) is 10.6 Å². The zero-order valence-electron chi connectivity index (χ0n) is 17.6. The van der Waals surface area contributed by atoms with Gasteiger partial charge < -0.3 is 19.4 Å². The zero-order valence-corrected chi connectivity index (χ0v) is 17.6. The molecule has 0 N–H and O–H groups in total. The molecule has 3 heterocycles. The summed E-state index contributed by atoms with van der Waals surface area (Å²) in [6, 6.07) is 6.04. The van der Waals surface area contributed by atoms with E-state index in [0.717, 1.165) is 31.7 Å². The predicted octanol–water partition coefficient (Wildman–Crippen LogP) is 2.39. The highest BCUT2D eigenvalue weighted by molar-refractivity contribution is 5.78. The molecule has 0 aliphatic carbocycles. The monoisotopic (exact) mass is 399 g/mol. The van der Waals surface area contributed by atoms with Crippen LogP contribution in [0.1, 0.15) is 45.6 Å². The van der Waals surface area contributed by atoms with Crippen LogP contribution in [-0.4, -0.2) is 71.2 Å². The molecule has 3 rings (SSSR count). The molecule has 1 aromatic heterocycles. The Bertz CT molecular complexity index is 782. The summed E-state index contributed by atoms with van der Waals surface area (Å²) < 4.78 is 5.34. The Hall–Kier alpha value is -2.82. The lowest BCUT2D eigenvalue weighted by molar-refractivity contribution is -0.134. The molecule has 2 fully saturated rings. The van der Waals surface area contributed by atoms with E-state index < -0.39 is 11.7 Å². The van der Waals surface area contributed by atoms with Crippen LogP contribution in [0.15, 0.2) is 18.3 Å². The molecule has 156 valence electrons. The van der Waals surface area contributed by atoms with Crippen LogP contribution in [0.2, 0.25) is 0 Å². The number of aromatic nitrogens is 1. The molecule has 0 aromatic carbocycles. The fourth-order valence-electron chi connectivity index (χ4n) is 3.96. The topological polar surface area (TPSA) is 89.8 Å². The fourth-order valence-corrected chi connectivity index (χ4v) is 3.96. The van der Waals surface area contributed by atoms with Crippen LogP contribution < -0.4 is 4.90 Å². The minimum Gasteiger partial charge on any atom is -0.444 e. The summed E-state index contributed by atoms with van der Waals surface area (Å²) in [7, 11) is 1.66. The lowest BCUT2D eigenvalue weighted by Gasteiger charge is -2.41. The average molecular weight is 399 g/mol. The lowest BCUT2D eigenvalue weighted by atomic mass is 10.1. The SMILES string of the molecule is CN(CCC(=O)N1C2CCC1CN(c1ccc(C#N)cn1)C2)C(=O)OC(C)(C)C. The maximum Gasteiger partial charge on any atom is 0.410 e. The summed E-state index contributed by atoms with van der Waals surface area (Å²) in [6.45, 7) is 7.29. The molecule has 0 spiro atoms. The Morgan fingerprint density at radius 1 is 1.28 bits per heavy atom. The molecule has 2 bridgehead atoms. The van der Waals surface area contributed by atoms with Crippen LogP contribution >= 0.6 is 0 Å². The Morgan fingerprint density at radius 2 is 1.93 bits per heavy atom. The van der Waals surface area contributed by atoms with Gasteiger partial charge >= 0.3 is 6.09 Å². The summed E-state index contributed by atoms with van der Waals surface area (Å²) in [6.07, 6.45) is 3.42. The lowest BCUT2D eigenvalue weighted by Crippen LogP contribution is -2.56. The van der Waals surface area contributed by atoms with Crippen molar-refractivity contribution < 1.29 is 14.3 Å². The highest BCUT2D eigenvalue weighted by Gasteiger charge is 2.42. The van der Waals surface area contributed by atoms with Crippen LogP contribution in [0, 0.1) is 11.3 Å². The van der Waals surface area contributed by atoms with Gasteiger partial charge in [0, 0.05) is 51.4 Å². The van der Waals surface area contributed by atoms with Gasteiger partial charge in [0.05, 0.1) is 5.56 Å². The number of fused-ring (bicyclic) bond motifs is 2.